The number of amides is 4. The number of carbonyl (C=O) groups excluding carboxylic acids is 3. The Balaban J connectivity index is 1.53. The molecule has 1 aliphatic heterocycles. The summed E-state index contributed by atoms with van der Waals surface area (Å²) in [6.45, 7) is 1.93. The molecule has 176 valence electrons. The number of imide groups is 1. The highest BCUT2D eigenvalue weighted by Crippen LogP contribution is 2.33. The molecule has 0 unspecified atom stereocenters. The number of benzene rings is 1. The molecule has 0 radical (unpaired) electrons. The second-order valence-corrected chi connectivity index (χ2v) is 10.0. The monoisotopic (exact) mass is 466 g/mol. The van der Waals surface area contributed by atoms with Crippen molar-refractivity contribution in [3.63, 3.8) is 0 Å². The van der Waals surface area contributed by atoms with E-state index in [-0.39, 0.29) is 42.3 Å². The Kier molecular flexibility index (Phi) is 7.52. The number of ether oxygens (including phenoxy) is 1. The molecule has 0 bridgehead atoms. The van der Waals surface area contributed by atoms with Crippen molar-refractivity contribution < 1.29 is 27.5 Å². The van der Waals surface area contributed by atoms with Gasteiger partial charge in [-0.2, -0.15) is 0 Å². The SMILES string of the molecule is COC[C@H](C)NS(=O)(=O)c1ccc(NC(=O)CCN2C(=O)NC3(CCCCC3)C2=O)cc1. The fraction of sp³-hybridized carbons (Fsp3) is 0.571. The number of hydrogen-bond donors (Lipinski definition) is 3. The molecular weight excluding hydrogens is 436 g/mol. The van der Waals surface area contributed by atoms with Crippen molar-refractivity contribution in [2.45, 2.75) is 61.9 Å². The maximum Gasteiger partial charge on any atom is 0.325 e. The van der Waals surface area contributed by atoms with Gasteiger partial charge in [0.25, 0.3) is 5.91 Å². The van der Waals surface area contributed by atoms with Gasteiger partial charge in [0.2, 0.25) is 15.9 Å². The smallest absolute Gasteiger partial charge is 0.325 e. The first-order valence-corrected chi connectivity index (χ1v) is 12.2. The molecule has 1 aromatic carbocycles. The number of sulfonamides is 1. The van der Waals surface area contributed by atoms with Crippen LogP contribution in [-0.2, 0) is 24.3 Å². The van der Waals surface area contributed by atoms with Gasteiger partial charge in [0.15, 0.2) is 0 Å². The number of urea groups is 1. The fourth-order valence-electron chi connectivity index (χ4n) is 4.14. The van der Waals surface area contributed by atoms with Gasteiger partial charge in [-0.1, -0.05) is 19.3 Å². The molecular formula is C21H30N4O6S. The highest BCUT2D eigenvalue weighted by molar-refractivity contribution is 7.89. The maximum atomic E-state index is 12.8. The molecule has 11 heteroatoms. The minimum Gasteiger partial charge on any atom is -0.383 e. The quantitative estimate of drug-likeness (QED) is 0.473. The van der Waals surface area contributed by atoms with Crippen molar-refractivity contribution in [3.8, 4) is 0 Å². The number of nitrogens with zero attached hydrogens (tertiary/aromatic N) is 1. The molecule has 1 spiro atoms. The summed E-state index contributed by atoms with van der Waals surface area (Å²) in [5.41, 5.74) is -0.387. The summed E-state index contributed by atoms with van der Waals surface area (Å²) in [5, 5.41) is 5.48. The van der Waals surface area contributed by atoms with E-state index < -0.39 is 21.6 Å². The van der Waals surface area contributed by atoms with Gasteiger partial charge in [0.1, 0.15) is 5.54 Å². The highest BCUT2D eigenvalue weighted by atomic mass is 32.2. The van der Waals surface area contributed by atoms with Crippen LogP contribution in [0.5, 0.6) is 0 Å². The summed E-state index contributed by atoms with van der Waals surface area (Å²) >= 11 is 0. The summed E-state index contributed by atoms with van der Waals surface area (Å²) in [6.07, 6.45) is 4.06. The van der Waals surface area contributed by atoms with Gasteiger partial charge in [-0.15, -0.1) is 0 Å². The fourth-order valence-corrected chi connectivity index (χ4v) is 5.37. The predicted octanol–water partition coefficient (Wildman–Crippen LogP) is 1.58. The number of rotatable bonds is 9. The van der Waals surface area contributed by atoms with Crippen LogP contribution in [0.3, 0.4) is 0 Å². The molecule has 10 nitrogen and oxygen atoms in total. The van der Waals surface area contributed by atoms with Crippen molar-refractivity contribution in [1.29, 1.82) is 0 Å². The standard InChI is InChI=1S/C21H30N4O6S/c1-15(14-31-2)24-32(29,30)17-8-6-16(7-9-17)22-18(26)10-13-25-19(27)21(23-20(25)28)11-4-3-5-12-21/h6-9,15,24H,3-5,10-14H2,1-2H3,(H,22,26)(H,23,28)/t15-/m0/s1. The molecule has 1 aromatic rings. The second kappa shape index (κ2) is 9.97. The molecule has 1 saturated carbocycles. The lowest BCUT2D eigenvalue weighted by atomic mass is 9.82. The molecule has 2 aliphatic rings. The van der Waals surface area contributed by atoms with E-state index in [1.807, 2.05) is 0 Å². The maximum absolute atomic E-state index is 12.8. The minimum atomic E-state index is -3.71. The Morgan fingerprint density at radius 1 is 1.19 bits per heavy atom. The number of methoxy groups -OCH3 is 1. The van der Waals surface area contributed by atoms with Crippen LogP contribution < -0.4 is 15.4 Å². The first-order valence-electron chi connectivity index (χ1n) is 10.7. The summed E-state index contributed by atoms with van der Waals surface area (Å²) in [5.74, 6) is -0.627. The predicted molar refractivity (Wildman–Crippen MR) is 117 cm³/mol. The molecule has 3 N–H and O–H groups in total. The minimum absolute atomic E-state index is 0.00792. The Bertz CT molecular complexity index is 957. The van der Waals surface area contributed by atoms with Gasteiger partial charge in [-0.3, -0.25) is 14.5 Å². The first-order chi connectivity index (χ1) is 15.2. The summed E-state index contributed by atoms with van der Waals surface area (Å²) in [6, 6.07) is 4.91. The van der Waals surface area contributed by atoms with E-state index in [1.54, 1.807) is 6.92 Å². The third-order valence-electron chi connectivity index (χ3n) is 5.74. The summed E-state index contributed by atoms with van der Waals surface area (Å²) < 4.78 is 32.2. The molecule has 3 rings (SSSR count). The molecule has 1 heterocycles. The van der Waals surface area contributed by atoms with Crippen molar-refractivity contribution in [3.05, 3.63) is 24.3 Å². The Morgan fingerprint density at radius 2 is 1.84 bits per heavy atom. The third-order valence-corrected chi connectivity index (χ3v) is 7.34. The number of nitrogens with one attached hydrogen (secondary N) is 3. The largest absolute Gasteiger partial charge is 0.383 e. The van der Waals surface area contributed by atoms with Crippen LogP contribution in [0, 0.1) is 0 Å². The van der Waals surface area contributed by atoms with Crippen molar-refractivity contribution in [2.24, 2.45) is 0 Å². The number of hydrogen-bond acceptors (Lipinski definition) is 6. The van der Waals surface area contributed by atoms with Gasteiger partial charge >= 0.3 is 6.03 Å². The van der Waals surface area contributed by atoms with Gasteiger partial charge in [-0.05, 0) is 44.0 Å². The number of carbonyl (C=O) groups is 3. The molecule has 2 fully saturated rings. The zero-order valence-corrected chi connectivity index (χ0v) is 19.2. The van der Waals surface area contributed by atoms with E-state index in [1.165, 1.54) is 31.4 Å². The topological polar surface area (TPSA) is 134 Å². The Labute approximate surface area is 188 Å². The van der Waals surface area contributed by atoms with E-state index in [9.17, 15) is 22.8 Å². The zero-order valence-electron chi connectivity index (χ0n) is 18.3. The average molecular weight is 467 g/mol. The number of anilines is 1. The van der Waals surface area contributed by atoms with Gasteiger partial charge in [0.05, 0.1) is 11.5 Å². The van der Waals surface area contributed by atoms with Crippen LogP contribution in [0.15, 0.2) is 29.2 Å². The van der Waals surface area contributed by atoms with Crippen LogP contribution in [0.1, 0.15) is 45.4 Å². The molecule has 1 aliphatic carbocycles. The average Bonchev–Trinajstić information content (AvgIpc) is 2.96. The third kappa shape index (κ3) is 5.45. The molecule has 32 heavy (non-hydrogen) atoms. The van der Waals surface area contributed by atoms with Crippen LogP contribution in [0.25, 0.3) is 0 Å². The Morgan fingerprint density at radius 3 is 2.47 bits per heavy atom. The molecule has 1 saturated heterocycles. The Hall–Kier alpha value is -2.50. The van der Waals surface area contributed by atoms with Gasteiger partial charge < -0.3 is 15.4 Å². The van der Waals surface area contributed by atoms with Crippen LogP contribution in [0.4, 0.5) is 10.5 Å². The van der Waals surface area contributed by atoms with Gasteiger partial charge in [0, 0.05) is 31.8 Å². The highest BCUT2D eigenvalue weighted by Gasteiger charge is 2.51. The zero-order chi connectivity index (χ0) is 23.4. The van der Waals surface area contributed by atoms with Crippen LogP contribution in [-0.4, -0.2) is 63.0 Å². The van der Waals surface area contributed by atoms with E-state index in [0.29, 0.717) is 18.5 Å². The summed E-state index contributed by atoms with van der Waals surface area (Å²) in [4.78, 5) is 38.5. The van der Waals surface area contributed by atoms with Crippen molar-refractivity contribution in [2.75, 3.05) is 25.6 Å². The summed E-state index contributed by atoms with van der Waals surface area (Å²) in [7, 11) is -2.22. The normalized spacial score (nSPS) is 19.1. The lowest BCUT2D eigenvalue weighted by Gasteiger charge is -2.30. The van der Waals surface area contributed by atoms with Gasteiger partial charge in [-0.25, -0.2) is 17.9 Å². The lowest BCUT2D eigenvalue weighted by molar-refractivity contribution is -0.132. The van der Waals surface area contributed by atoms with Crippen molar-refractivity contribution >= 4 is 33.6 Å². The lowest BCUT2D eigenvalue weighted by Crippen LogP contribution is -2.48. The molecule has 0 aromatic heterocycles. The first kappa shape index (κ1) is 24.1. The van der Waals surface area contributed by atoms with E-state index in [2.05, 4.69) is 15.4 Å². The second-order valence-electron chi connectivity index (χ2n) is 8.33. The molecule has 1 atom stereocenters. The van der Waals surface area contributed by atoms with E-state index in [4.69, 9.17) is 4.74 Å². The van der Waals surface area contributed by atoms with Crippen LogP contribution >= 0.6 is 0 Å². The van der Waals surface area contributed by atoms with E-state index >= 15 is 0 Å². The molecule has 4 amide bonds. The van der Waals surface area contributed by atoms with Crippen molar-refractivity contribution in [1.82, 2.24) is 14.9 Å². The van der Waals surface area contributed by atoms with Crippen LogP contribution in [0.2, 0.25) is 0 Å². The van der Waals surface area contributed by atoms with E-state index in [0.717, 1.165) is 24.2 Å².